The maximum absolute atomic E-state index is 11.8. The normalized spacial score (nSPS) is 14.1. The van der Waals surface area contributed by atoms with E-state index < -0.39 is 0 Å². The molecule has 1 aliphatic rings. The van der Waals surface area contributed by atoms with E-state index in [1.54, 1.807) is 24.3 Å². The van der Waals surface area contributed by atoms with Crippen molar-refractivity contribution in [1.82, 2.24) is 10.3 Å². The Bertz CT molecular complexity index is 415. The molecule has 0 aliphatic carbocycles. The van der Waals surface area contributed by atoms with E-state index in [4.69, 9.17) is 4.84 Å². The van der Waals surface area contributed by atoms with Gasteiger partial charge in [-0.25, -0.2) is 0 Å². The van der Waals surface area contributed by atoms with E-state index in [1.165, 1.54) is 0 Å². The van der Waals surface area contributed by atoms with Crippen molar-refractivity contribution in [2.24, 2.45) is 0 Å². The van der Waals surface area contributed by atoms with E-state index in [-0.39, 0.29) is 11.8 Å². The summed E-state index contributed by atoms with van der Waals surface area (Å²) in [5.41, 5.74) is 0.807. The first kappa shape index (κ1) is 11.8. The number of rotatable bonds is 5. The number of fused-ring (bicyclic) bond motifs is 1. The Morgan fingerprint density at radius 2 is 1.82 bits per heavy atom. The lowest BCUT2D eigenvalue weighted by atomic mass is 10.0. The number of carbonyl (C=O) groups excluding carboxylic acids is 2. The van der Waals surface area contributed by atoms with Gasteiger partial charge in [0.05, 0.1) is 17.7 Å². The van der Waals surface area contributed by atoms with Gasteiger partial charge in [-0.3, -0.25) is 14.4 Å². The van der Waals surface area contributed by atoms with E-state index in [2.05, 4.69) is 5.23 Å². The second-order valence-electron chi connectivity index (χ2n) is 3.64. The predicted octanol–water partition coefficient (Wildman–Crippen LogP) is 0.203. The third-order valence-electron chi connectivity index (χ3n) is 2.51. The summed E-state index contributed by atoms with van der Waals surface area (Å²) < 4.78 is 0. The average Bonchev–Trinajstić information content (AvgIpc) is 2.60. The highest BCUT2D eigenvalue weighted by molar-refractivity contribution is 6.29. The van der Waals surface area contributed by atoms with E-state index in [9.17, 15) is 9.59 Å². The first-order valence-corrected chi connectivity index (χ1v) is 5.57. The molecule has 0 saturated carbocycles. The maximum Gasteiger partial charge on any atom is 0.285 e. The summed E-state index contributed by atoms with van der Waals surface area (Å²) in [7, 11) is 0.825. The van der Waals surface area contributed by atoms with Crippen molar-refractivity contribution >= 4 is 19.2 Å². The van der Waals surface area contributed by atoms with Gasteiger partial charge < -0.3 is 5.23 Å². The minimum atomic E-state index is -0.387. The molecule has 0 spiro atoms. The zero-order chi connectivity index (χ0) is 12.3. The Kier molecular flexibility index (Phi) is 3.56. The van der Waals surface area contributed by atoms with Crippen LogP contribution in [-0.2, 0) is 4.84 Å². The molecule has 0 unspecified atom stereocenters. The van der Waals surface area contributed by atoms with Crippen LogP contribution in [0.5, 0.6) is 0 Å². The largest absolute Gasteiger partial charge is 0.357 e. The van der Waals surface area contributed by atoms with Gasteiger partial charge in [-0.15, -0.1) is 5.06 Å². The lowest BCUT2D eigenvalue weighted by Crippen LogP contribution is -2.33. The topological polar surface area (TPSA) is 58.6 Å². The van der Waals surface area contributed by atoms with Gasteiger partial charge in [0.15, 0.2) is 7.41 Å². The number of carbonyl (C=O) groups is 2. The molecule has 0 saturated heterocycles. The van der Waals surface area contributed by atoms with Crippen LogP contribution in [0.1, 0.15) is 20.7 Å². The number of hydroxylamine groups is 2. The molecule has 17 heavy (non-hydrogen) atoms. The number of hydrogen-bond acceptors (Lipinski definition) is 4. The average molecular weight is 232 g/mol. The minimum absolute atomic E-state index is 0.291. The molecule has 1 aromatic rings. The van der Waals surface area contributed by atoms with Crippen LogP contribution < -0.4 is 5.23 Å². The van der Waals surface area contributed by atoms with Crippen LogP contribution in [0, 0.1) is 0 Å². The Morgan fingerprint density at radius 1 is 1.24 bits per heavy atom. The van der Waals surface area contributed by atoms with Gasteiger partial charge in [0, 0.05) is 6.54 Å². The smallest absolute Gasteiger partial charge is 0.285 e. The van der Waals surface area contributed by atoms with Gasteiger partial charge >= 0.3 is 0 Å². The molecular formula is C11H13BN2O3. The van der Waals surface area contributed by atoms with Crippen molar-refractivity contribution in [3.63, 3.8) is 0 Å². The standard InChI is InChI=1S/C11H13BN2O3/c1-12-13-6-7-17-14-10(15)8-4-2-3-5-9(8)11(14)16/h2-5,12-13H,6-7H2,1H3. The van der Waals surface area contributed by atoms with Gasteiger partial charge in [0.1, 0.15) is 0 Å². The van der Waals surface area contributed by atoms with Gasteiger partial charge in [-0.2, -0.15) is 0 Å². The molecule has 0 radical (unpaired) electrons. The summed E-state index contributed by atoms with van der Waals surface area (Å²) in [4.78, 5) is 28.8. The Morgan fingerprint density at radius 3 is 2.35 bits per heavy atom. The van der Waals surface area contributed by atoms with Gasteiger partial charge in [0.2, 0.25) is 0 Å². The fraction of sp³-hybridized carbons (Fsp3) is 0.273. The third kappa shape index (κ3) is 2.23. The fourth-order valence-electron chi connectivity index (χ4n) is 1.67. The molecule has 2 amide bonds. The summed E-state index contributed by atoms with van der Waals surface area (Å²) in [6.45, 7) is 2.87. The van der Waals surface area contributed by atoms with Crippen LogP contribution in [0.25, 0.3) is 0 Å². The predicted molar refractivity (Wildman–Crippen MR) is 63.9 cm³/mol. The van der Waals surface area contributed by atoms with Gasteiger partial charge in [-0.05, 0) is 12.1 Å². The number of nitrogens with zero attached hydrogens (tertiary/aromatic N) is 1. The highest BCUT2D eigenvalue weighted by Gasteiger charge is 2.36. The second-order valence-corrected chi connectivity index (χ2v) is 3.64. The van der Waals surface area contributed by atoms with Crippen molar-refractivity contribution in [1.29, 1.82) is 0 Å². The molecule has 6 heteroatoms. The van der Waals surface area contributed by atoms with Crippen LogP contribution >= 0.6 is 0 Å². The monoisotopic (exact) mass is 232 g/mol. The van der Waals surface area contributed by atoms with Gasteiger partial charge in [-0.1, -0.05) is 19.0 Å². The number of amides is 2. The quantitative estimate of drug-likeness (QED) is 0.447. The van der Waals surface area contributed by atoms with Crippen molar-refractivity contribution in [2.45, 2.75) is 6.82 Å². The molecule has 0 aromatic heterocycles. The van der Waals surface area contributed by atoms with Crippen LogP contribution in [0.15, 0.2) is 24.3 Å². The molecular weight excluding hydrogens is 219 g/mol. The van der Waals surface area contributed by atoms with Crippen molar-refractivity contribution in [2.75, 3.05) is 13.2 Å². The molecule has 1 heterocycles. The van der Waals surface area contributed by atoms with E-state index in [0.717, 1.165) is 12.5 Å². The molecule has 5 nitrogen and oxygen atoms in total. The first-order chi connectivity index (χ1) is 8.25. The third-order valence-corrected chi connectivity index (χ3v) is 2.51. The van der Waals surface area contributed by atoms with Crippen LogP contribution in [-0.4, -0.2) is 37.4 Å². The zero-order valence-electron chi connectivity index (χ0n) is 9.60. The summed E-state index contributed by atoms with van der Waals surface area (Å²) >= 11 is 0. The molecule has 1 N–H and O–H groups in total. The number of imide groups is 1. The summed E-state index contributed by atoms with van der Waals surface area (Å²) in [6.07, 6.45) is 0. The fourth-order valence-corrected chi connectivity index (χ4v) is 1.67. The van der Waals surface area contributed by atoms with Gasteiger partial charge in [0.25, 0.3) is 11.8 Å². The lowest BCUT2D eigenvalue weighted by Gasteiger charge is -2.13. The Hall–Kier alpha value is -1.66. The second kappa shape index (κ2) is 5.12. The number of nitrogens with one attached hydrogen (secondary N) is 1. The molecule has 0 fully saturated rings. The maximum atomic E-state index is 11.8. The van der Waals surface area contributed by atoms with Crippen molar-refractivity contribution in [3.8, 4) is 0 Å². The van der Waals surface area contributed by atoms with Crippen LogP contribution in [0.2, 0.25) is 6.82 Å². The van der Waals surface area contributed by atoms with E-state index in [0.29, 0.717) is 24.3 Å². The number of hydrogen-bond donors (Lipinski definition) is 1. The highest BCUT2D eigenvalue weighted by Crippen LogP contribution is 2.22. The Balaban J connectivity index is 2.03. The minimum Gasteiger partial charge on any atom is -0.357 e. The van der Waals surface area contributed by atoms with Crippen molar-refractivity contribution in [3.05, 3.63) is 35.4 Å². The summed E-state index contributed by atoms with van der Waals surface area (Å²) in [5, 5.41) is 3.88. The van der Waals surface area contributed by atoms with Crippen LogP contribution in [0.3, 0.4) is 0 Å². The number of benzene rings is 1. The van der Waals surface area contributed by atoms with Crippen molar-refractivity contribution < 1.29 is 14.4 Å². The molecule has 0 bridgehead atoms. The highest BCUT2D eigenvalue weighted by atomic mass is 16.7. The van der Waals surface area contributed by atoms with E-state index >= 15 is 0 Å². The molecule has 1 aromatic carbocycles. The van der Waals surface area contributed by atoms with E-state index in [1.807, 2.05) is 6.82 Å². The lowest BCUT2D eigenvalue weighted by molar-refractivity contribution is -0.0888. The molecule has 2 rings (SSSR count). The molecule has 0 atom stereocenters. The Labute approximate surface area is 100.0 Å². The first-order valence-electron chi connectivity index (χ1n) is 5.57. The molecule has 88 valence electrons. The molecule has 1 aliphatic heterocycles. The zero-order valence-corrected chi connectivity index (χ0v) is 9.60. The SMILES string of the molecule is CBNCCON1C(=O)c2ccccc2C1=O. The summed E-state index contributed by atoms with van der Waals surface area (Å²) in [5.74, 6) is -0.774. The van der Waals surface area contributed by atoms with Crippen LogP contribution in [0.4, 0.5) is 0 Å². The summed E-state index contributed by atoms with van der Waals surface area (Å²) in [6, 6.07) is 6.71.